The van der Waals surface area contributed by atoms with Crippen LogP contribution in [0.15, 0.2) is 18.5 Å². The van der Waals surface area contributed by atoms with Gasteiger partial charge in [-0.1, -0.05) is 0 Å². The van der Waals surface area contributed by atoms with Gasteiger partial charge in [-0.3, -0.25) is 9.48 Å². The number of aliphatic hydroxyl groups is 1. The number of carbonyl (C=O) groups excluding carboxylic acids is 1. The Balaban J connectivity index is 2.63. The van der Waals surface area contributed by atoms with Crippen LogP contribution in [-0.4, -0.2) is 44.9 Å². The van der Waals surface area contributed by atoms with E-state index in [0.29, 0.717) is 13.0 Å². The first-order valence-corrected chi connectivity index (χ1v) is 6.12. The molecule has 0 aliphatic carbocycles. The Kier molecular flexibility index (Phi) is 5.58. The molecule has 0 atom stereocenters. The Morgan fingerprint density at radius 2 is 2.33 bits per heavy atom. The molecular formula is C13H21N3O2. The van der Waals surface area contributed by atoms with Crippen molar-refractivity contribution in [1.82, 2.24) is 14.7 Å². The van der Waals surface area contributed by atoms with E-state index in [4.69, 9.17) is 5.11 Å². The van der Waals surface area contributed by atoms with Gasteiger partial charge in [-0.25, -0.2) is 0 Å². The van der Waals surface area contributed by atoms with Crippen LogP contribution in [0.3, 0.4) is 0 Å². The van der Waals surface area contributed by atoms with Crippen LogP contribution in [0.4, 0.5) is 0 Å². The van der Waals surface area contributed by atoms with Crippen molar-refractivity contribution in [2.75, 3.05) is 13.2 Å². The molecule has 1 amide bonds. The van der Waals surface area contributed by atoms with Crippen LogP contribution in [0.1, 0.15) is 25.8 Å². The second-order valence-electron chi connectivity index (χ2n) is 4.48. The Bertz CT molecular complexity index is 410. The largest absolute Gasteiger partial charge is 0.396 e. The van der Waals surface area contributed by atoms with E-state index in [9.17, 15) is 4.79 Å². The molecule has 0 saturated carbocycles. The van der Waals surface area contributed by atoms with Crippen LogP contribution in [0.25, 0.3) is 6.08 Å². The van der Waals surface area contributed by atoms with Gasteiger partial charge >= 0.3 is 0 Å². The molecule has 1 N–H and O–H groups in total. The molecular weight excluding hydrogens is 230 g/mol. The maximum Gasteiger partial charge on any atom is 0.246 e. The summed E-state index contributed by atoms with van der Waals surface area (Å²) >= 11 is 0. The van der Waals surface area contributed by atoms with Crippen LogP contribution in [0.5, 0.6) is 0 Å². The molecule has 5 nitrogen and oxygen atoms in total. The van der Waals surface area contributed by atoms with Gasteiger partial charge in [0.15, 0.2) is 0 Å². The third-order valence-electron chi connectivity index (χ3n) is 2.61. The first-order valence-electron chi connectivity index (χ1n) is 6.12. The predicted molar refractivity (Wildman–Crippen MR) is 70.8 cm³/mol. The van der Waals surface area contributed by atoms with E-state index in [1.165, 1.54) is 0 Å². The zero-order valence-electron chi connectivity index (χ0n) is 11.2. The van der Waals surface area contributed by atoms with Crippen molar-refractivity contribution >= 4 is 12.0 Å². The van der Waals surface area contributed by atoms with E-state index in [-0.39, 0.29) is 18.6 Å². The molecule has 1 aromatic rings. The molecule has 0 radical (unpaired) electrons. The van der Waals surface area contributed by atoms with Gasteiger partial charge in [0.25, 0.3) is 0 Å². The van der Waals surface area contributed by atoms with E-state index in [0.717, 1.165) is 5.56 Å². The normalized spacial score (nSPS) is 11.4. The van der Waals surface area contributed by atoms with Gasteiger partial charge in [-0.2, -0.15) is 5.10 Å². The van der Waals surface area contributed by atoms with Crippen LogP contribution < -0.4 is 0 Å². The quantitative estimate of drug-likeness (QED) is 0.769. The third kappa shape index (κ3) is 4.33. The minimum Gasteiger partial charge on any atom is -0.396 e. The van der Waals surface area contributed by atoms with E-state index in [1.807, 2.05) is 27.1 Å². The van der Waals surface area contributed by atoms with Gasteiger partial charge in [-0.15, -0.1) is 0 Å². The molecule has 0 spiro atoms. The average molecular weight is 251 g/mol. The lowest BCUT2D eigenvalue weighted by Crippen LogP contribution is -2.36. The number of amides is 1. The van der Waals surface area contributed by atoms with Crippen molar-refractivity contribution in [3.63, 3.8) is 0 Å². The monoisotopic (exact) mass is 251 g/mol. The predicted octanol–water partition coefficient (Wildman–Crippen LogP) is 1.05. The molecule has 0 aromatic carbocycles. The highest BCUT2D eigenvalue weighted by Gasteiger charge is 2.13. The Morgan fingerprint density at radius 3 is 2.83 bits per heavy atom. The van der Waals surface area contributed by atoms with Gasteiger partial charge in [0.2, 0.25) is 5.91 Å². The number of rotatable bonds is 6. The summed E-state index contributed by atoms with van der Waals surface area (Å²) in [5.74, 6) is -0.0395. The molecule has 0 aliphatic heterocycles. The van der Waals surface area contributed by atoms with Crippen LogP contribution in [0.2, 0.25) is 0 Å². The molecule has 100 valence electrons. The number of aromatic nitrogens is 2. The molecule has 1 rings (SSSR count). The summed E-state index contributed by atoms with van der Waals surface area (Å²) in [6.45, 7) is 4.60. The molecule has 18 heavy (non-hydrogen) atoms. The van der Waals surface area contributed by atoms with Crippen molar-refractivity contribution < 1.29 is 9.90 Å². The number of carbonyl (C=O) groups is 1. The number of nitrogens with zero attached hydrogens (tertiary/aromatic N) is 3. The average Bonchev–Trinajstić information content (AvgIpc) is 2.72. The molecule has 0 saturated heterocycles. The number of aryl methyl sites for hydroxylation is 1. The number of aliphatic hydroxyl groups excluding tert-OH is 1. The SMILES string of the molecule is CC(C)N(CCCO)C(=O)/C=C/c1cnn(C)c1. The molecule has 1 heterocycles. The smallest absolute Gasteiger partial charge is 0.246 e. The van der Waals surface area contributed by atoms with Gasteiger partial charge in [0.05, 0.1) is 6.20 Å². The number of hydrogen-bond donors (Lipinski definition) is 1. The van der Waals surface area contributed by atoms with Crippen molar-refractivity contribution in [3.05, 3.63) is 24.0 Å². The summed E-state index contributed by atoms with van der Waals surface area (Å²) in [6, 6.07) is 0.127. The maximum absolute atomic E-state index is 12.0. The molecule has 0 bridgehead atoms. The van der Waals surface area contributed by atoms with Crippen LogP contribution in [0, 0.1) is 0 Å². The second kappa shape index (κ2) is 6.96. The molecule has 1 aromatic heterocycles. The summed E-state index contributed by atoms with van der Waals surface area (Å²) in [4.78, 5) is 13.7. The van der Waals surface area contributed by atoms with Crippen LogP contribution in [-0.2, 0) is 11.8 Å². The molecule has 5 heteroatoms. The van der Waals surface area contributed by atoms with Crippen molar-refractivity contribution in [2.45, 2.75) is 26.3 Å². The summed E-state index contributed by atoms with van der Waals surface area (Å²) in [7, 11) is 1.83. The fraction of sp³-hybridized carbons (Fsp3) is 0.538. The topological polar surface area (TPSA) is 58.4 Å². The van der Waals surface area contributed by atoms with Gasteiger partial charge in [0.1, 0.15) is 0 Å². The number of hydrogen-bond acceptors (Lipinski definition) is 3. The van der Waals surface area contributed by atoms with Crippen LogP contribution >= 0.6 is 0 Å². The van der Waals surface area contributed by atoms with Crippen molar-refractivity contribution in [1.29, 1.82) is 0 Å². The fourth-order valence-electron chi connectivity index (χ4n) is 1.65. The second-order valence-corrected chi connectivity index (χ2v) is 4.48. The summed E-state index contributed by atoms with van der Waals surface area (Å²) in [5, 5.41) is 12.9. The molecule has 0 aliphatic rings. The van der Waals surface area contributed by atoms with E-state index >= 15 is 0 Å². The fourth-order valence-corrected chi connectivity index (χ4v) is 1.65. The van der Waals surface area contributed by atoms with E-state index in [1.54, 1.807) is 27.9 Å². The first-order chi connectivity index (χ1) is 8.54. The zero-order chi connectivity index (χ0) is 13.5. The standard InChI is InChI=1S/C13H21N3O2/c1-11(2)16(7-4-8-17)13(18)6-5-12-9-14-15(3)10-12/h5-6,9-11,17H,4,7-8H2,1-3H3/b6-5+. The highest BCUT2D eigenvalue weighted by molar-refractivity contribution is 5.91. The molecule has 0 fully saturated rings. The molecule has 0 unspecified atom stereocenters. The van der Waals surface area contributed by atoms with Gasteiger partial charge in [0, 0.05) is 44.1 Å². The summed E-state index contributed by atoms with van der Waals surface area (Å²) in [6.07, 6.45) is 7.46. The van der Waals surface area contributed by atoms with E-state index in [2.05, 4.69) is 5.10 Å². The lowest BCUT2D eigenvalue weighted by molar-refractivity contribution is -0.127. The lowest BCUT2D eigenvalue weighted by atomic mass is 10.2. The Labute approximate surface area is 108 Å². The minimum atomic E-state index is -0.0395. The minimum absolute atomic E-state index is 0.0395. The highest BCUT2D eigenvalue weighted by atomic mass is 16.3. The zero-order valence-corrected chi connectivity index (χ0v) is 11.2. The van der Waals surface area contributed by atoms with Gasteiger partial charge in [-0.05, 0) is 26.3 Å². The van der Waals surface area contributed by atoms with Crippen molar-refractivity contribution in [2.24, 2.45) is 7.05 Å². The highest BCUT2D eigenvalue weighted by Crippen LogP contribution is 2.04. The Morgan fingerprint density at radius 1 is 1.61 bits per heavy atom. The first kappa shape index (κ1) is 14.4. The maximum atomic E-state index is 12.0. The third-order valence-corrected chi connectivity index (χ3v) is 2.61. The Hall–Kier alpha value is -1.62. The summed E-state index contributed by atoms with van der Waals surface area (Å²) < 4.78 is 1.69. The van der Waals surface area contributed by atoms with Crippen molar-refractivity contribution in [3.8, 4) is 0 Å². The summed E-state index contributed by atoms with van der Waals surface area (Å²) in [5.41, 5.74) is 0.900. The lowest BCUT2D eigenvalue weighted by Gasteiger charge is -2.25. The van der Waals surface area contributed by atoms with E-state index < -0.39 is 0 Å². The van der Waals surface area contributed by atoms with Gasteiger partial charge < -0.3 is 10.0 Å².